The molecule has 1 atom stereocenters. The van der Waals surface area contributed by atoms with Crippen molar-refractivity contribution in [3.8, 4) is 0 Å². The molecule has 0 unspecified atom stereocenters. The van der Waals surface area contributed by atoms with E-state index in [-0.39, 0.29) is 19.1 Å². The largest absolute Gasteiger partial charge is 0.459 e. The van der Waals surface area contributed by atoms with Crippen LogP contribution in [0, 0.1) is 0 Å². The van der Waals surface area contributed by atoms with Crippen LogP contribution in [-0.2, 0) is 20.9 Å². The Hall–Kier alpha value is -1.53. The number of amides is 1. The van der Waals surface area contributed by atoms with Gasteiger partial charge in [-0.1, -0.05) is 30.3 Å². The fourth-order valence-corrected chi connectivity index (χ4v) is 2.04. The van der Waals surface area contributed by atoms with Crippen LogP contribution in [0.25, 0.3) is 0 Å². The highest BCUT2D eigenvalue weighted by Crippen LogP contribution is 2.06. The molecule has 1 aromatic carbocycles. The minimum absolute atomic E-state index is 0.137. The SMILES string of the molecule is CSCC[C@H](NC(=O)CN)C(=O)OCc1ccccc1. The van der Waals surface area contributed by atoms with Crippen LogP contribution in [0.15, 0.2) is 30.3 Å². The van der Waals surface area contributed by atoms with Crippen LogP contribution in [0.4, 0.5) is 0 Å². The molecule has 1 amide bonds. The van der Waals surface area contributed by atoms with Crippen LogP contribution < -0.4 is 11.1 Å². The average Bonchev–Trinajstić information content (AvgIpc) is 2.49. The molecule has 0 aliphatic carbocycles. The van der Waals surface area contributed by atoms with E-state index in [1.54, 1.807) is 11.8 Å². The Morgan fingerprint density at radius 3 is 2.65 bits per heavy atom. The predicted molar refractivity (Wildman–Crippen MR) is 80.2 cm³/mol. The Morgan fingerprint density at radius 1 is 1.35 bits per heavy atom. The molecule has 20 heavy (non-hydrogen) atoms. The quantitative estimate of drug-likeness (QED) is 0.697. The van der Waals surface area contributed by atoms with Crippen molar-refractivity contribution in [2.45, 2.75) is 19.1 Å². The molecule has 0 aliphatic rings. The number of carbonyl (C=O) groups excluding carboxylic acids is 2. The third-order valence-corrected chi connectivity index (χ3v) is 3.28. The van der Waals surface area contributed by atoms with Gasteiger partial charge in [-0.05, 0) is 24.0 Å². The highest BCUT2D eigenvalue weighted by atomic mass is 32.2. The van der Waals surface area contributed by atoms with Crippen molar-refractivity contribution in [1.82, 2.24) is 5.32 Å². The topological polar surface area (TPSA) is 81.4 Å². The molecule has 1 rings (SSSR count). The van der Waals surface area contributed by atoms with E-state index in [1.165, 1.54) is 0 Å². The molecule has 0 bridgehead atoms. The van der Waals surface area contributed by atoms with E-state index in [0.29, 0.717) is 6.42 Å². The van der Waals surface area contributed by atoms with Gasteiger partial charge in [0, 0.05) is 0 Å². The second-order valence-electron chi connectivity index (χ2n) is 4.20. The summed E-state index contributed by atoms with van der Waals surface area (Å²) >= 11 is 1.61. The molecular formula is C14H20N2O3S. The molecule has 0 saturated carbocycles. The lowest BCUT2D eigenvalue weighted by Gasteiger charge is -2.17. The summed E-state index contributed by atoms with van der Waals surface area (Å²) in [7, 11) is 0. The van der Waals surface area contributed by atoms with Crippen molar-refractivity contribution >= 4 is 23.6 Å². The second-order valence-corrected chi connectivity index (χ2v) is 5.18. The number of nitrogens with two attached hydrogens (primary N) is 1. The minimum Gasteiger partial charge on any atom is -0.459 e. The monoisotopic (exact) mass is 296 g/mol. The fourth-order valence-electron chi connectivity index (χ4n) is 1.57. The van der Waals surface area contributed by atoms with Crippen molar-refractivity contribution < 1.29 is 14.3 Å². The summed E-state index contributed by atoms with van der Waals surface area (Å²) in [5, 5.41) is 2.59. The number of thioether (sulfide) groups is 1. The number of ether oxygens (including phenoxy) is 1. The molecule has 6 heteroatoms. The third kappa shape index (κ3) is 6.08. The maximum absolute atomic E-state index is 12.0. The Labute approximate surface area is 123 Å². The van der Waals surface area contributed by atoms with E-state index in [9.17, 15) is 9.59 Å². The van der Waals surface area contributed by atoms with Gasteiger partial charge in [-0.25, -0.2) is 4.79 Å². The molecule has 0 fully saturated rings. The lowest BCUT2D eigenvalue weighted by atomic mass is 10.2. The molecular weight excluding hydrogens is 276 g/mol. The maximum atomic E-state index is 12.0. The van der Waals surface area contributed by atoms with Gasteiger partial charge in [0.25, 0.3) is 0 Å². The normalized spacial score (nSPS) is 11.7. The summed E-state index contributed by atoms with van der Waals surface area (Å²) in [4.78, 5) is 23.3. The third-order valence-electron chi connectivity index (χ3n) is 2.64. The Morgan fingerprint density at radius 2 is 2.05 bits per heavy atom. The van der Waals surface area contributed by atoms with Gasteiger partial charge in [-0.2, -0.15) is 11.8 Å². The second kappa shape index (κ2) is 9.39. The minimum atomic E-state index is -0.637. The van der Waals surface area contributed by atoms with Crippen molar-refractivity contribution in [2.24, 2.45) is 5.73 Å². The number of rotatable bonds is 8. The molecule has 0 spiro atoms. The Bertz CT molecular complexity index is 426. The van der Waals surface area contributed by atoms with Gasteiger partial charge in [0.2, 0.25) is 5.91 Å². The standard InChI is InChI=1S/C14H20N2O3S/c1-20-8-7-12(16-13(17)9-15)14(18)19-10-11-5-3-2-4-6-11/h2-6,12H,7-10,15H2,1H3,(H,16,17)/t12-/m0/s1. The van der Waals surface area contributed by atoms with Gasteiger partial charge in [-0.3, -0.25) is 4.79 Å². The van der Waals surface area contributed by atoms with Gasteiger partial charge in [0.05, 0.1) is 6.54 Å². The average molecular weight is 296 g/mol. The van der Waals surface area contributed by atoms with Crippen molar-refractivity contribution in [2.75, 3.05) is 18.6 Å². The summed E-state index contributed by atoms with van der Waals surface area (Å²) in [6, 6.07) is 8.77. The zero-order valence-electron chi connectivity index (χ0n) is 11.5. The van der Waals surface area contributed by atoms with Crippen LogP contribution in [0.3, 0.4) is 0 Å². The smallest absolute Gasteiger partial charge is 0.329 e. The zero-order chi connectivity index (χ0) is 14.8. The molecule has 0 saturated heterocycles. The first-order valence-electron chi connectivity index (χ1n) is 6.36. The summed E-state index contributed by atoms with van der Waals surface area (Å²) in [5.41, 5.74) is 6.16. The summed E-state index contributed by atoms with van der Waals surface area (Å²) < 4.78 is 5.23. The van der Waals surface area contributed by atoms with Gasteiger partial charge >= 0.3 is 5.97 Å². The summed E-state index contributed by atoms with van der Waals surface area (Å²) in [6.07, 6.45) is 2.47. The van der Waals surface area contributed by atoms with Crippen LogP contribution in [0.5, 0.6) is 0 Å². The van der Waals surface area contributed by atoms with Crippen LogP contribution >= 0.6 is 11.8 Å². The summed E-state index contributed by atoms with van der Waals surface area (Å²) in [5.74, 6) is -0.0202. The first-order chi connectivity index (χ1) is 9.67. The van der Waals surface area contributed by atoms with Crippen molar-refractivity contribution in [3.05, 3.63) is 35.9 Å². The van der Waals surface area contributed by atoms with E-state index < -0.39 is 12.0 Å². The first kappa shape index (κ1) is 16.5. The molecule has 110 valence electrons. The number of carbonyl (C=O) groups is 2. The van der Waals surface area contributed by atoms with Crippen LogP contribution in [0.2, 0.25) is 0 Å². The molecule has 3 N–H and O–H groups in total. The van der Waals surface area contributed by atoms with E-state index in [0.717, 1.165) is 11.3 Å². The van der Waals surface area contributed by atoms with Crippen molar-refractivity contribution in [3.63, 3.8) is 0 Å². The van der Waals surface area contributed by atoms with Gasteiger partial charge in [0.1, 0.15) is 12.6 Å². The number of benzene rings is 1. The molecule has 1 aromatic rings. The molecule has 0 heterocycles. The first-order valence-corrected chi connectivity index (χ1v) is 7.75. The van der Waals surface area contributed by atoms with Gasteiger partial charge in [-0.15, -0.1) is 0 Å². The number of nitrogens with one attached hydrogen (secondary N) is 1. The zero-order valence-corrected chi connectivity index (χ0v) is 12.3. The fraction of sp³-hybridized carbons (Fsp3) is 0.429. The molecule has 0 aromatic heterocycles. The van der Waals surface area contributed by atoms with Crippen LogP contribution in [0.1, 0.15) is 12.0 Å². The number of esters is 1. The molecule has 0 aliphatic heterocycles. The number of hydrogen-bond acceptors (Lipinski definition) is 5. The van der Waals surface area contributed by atoms with Gasteiger partial charge in [0.15, 0.2) is 0 Å². The van der Waals surface area contributed by atoms with E-state index in [4.69, 9.17) is 10.5 Å². The lowest BCUT2D eigenvalue weighted by Crippen LogP contribution is -2.44. The Balaban J connectivity index is 2.51. The van der Waals surface area contributed by atoms with Gasteiger partial charge < -0.3 is 15.8 Å². The van der Waals surface area contributed by atoms with Crippen molar-refractivity contribution in [1.29, 1.82) is 0 Å². The predicted octanol–water partition coefficient (Wildman–Crippen LogP) is 0.926. The van der Waals surface area contributed by atoms with E-state index in [1.807, 2.05) is 36.6 Å². The number of hydrogen-bond donors (Lipinski definition) is 2. The Kier molecular flexibility index (Phi) is 7.75. The highest BCUT2D eigenvalue weighted by molar-refractivity contribution is 7.98. The van der Waals surface area contributed by atoms with Crippen LogP contribution in [-0.4, -0.2) is 36.5 Å². The highest BCUT2D eigenvalue weighted by Gasteiger charge is 2.21. The lowest BCUT2D eigenvalue weighted by molar-refractivity contribution is -0.149. The van der Waals surface area contributed by atoms with E-state index >= 15 is 0 Å². The molecule has 5 nitrogen and oxygen atoms in total. The summed E-state index contributed by atoms with van der Waals surface area (Å²) in [6.45, 7) is 0.0651. The van der Waals surface area contributed by atoms with E-state index in [2.05, 4.69) is 5.32 Å². The molecule has 0 radical (unpaired) electrons. The maximum Gasteiger partial charge on any atom is 0.329 e.